The lowest BCUT2D eigenvalue weighted by Crippen LogP contribution is -1.81. The Morgan fingerprint density at radius 1 is 1.25 bits per heavy atom. The average Bonchev–Trinajstić information content (AvgIpc) is 2.14. The Labute approximate surface area is 78.4 Å². The highest BCUT2D eigenvalue weighted by Crippen LogP contribution is 2.11. The lowest BCUT2D eigenvalue weighted by Gasteiger charge is -1.98. The molecule has 0 fully saturated rings. The maximum atomic E-state index is 5.14. The van der Waals surface area contributed by atoms with E-state index in [9.17, 15) is 0 Å². The second-order valence-electron chi connectivity index (χ2n) is 2.49. The minimum absolute atomic E-state index is 0.873. The molecule has 0 saturated heterocycles. The smallest absolute Gasteiger partial charge is 0.0184 e. The molecule has 0 saturated carbocycles. The van der Waals surface area contributed by atoms with Crippen molar-refractivity contribution in [3.8, 4) is 12.3 Å². The van der Waals surface area contributed by atoms with E-state index in [2.05, 4.69) is 30.2 Å². The SMILES string of the molecule is C#CCCSCc1ccccc1. The first-order valence-electron chi connectivity index (χ1n) is 3.98. The van der Waals surface area contributed by atoms with Crippen molar-refractivity contribution in [3.63, 3.8) is 0 Å². The molecule has 1 aromatic carbocycles. The van der Waals surface area contributed by atoms with Gasteiger partial charge in [0.1, 0.15) is 0 Å². The molecule has 0 aliphatic heterocycles. The number of benzene rings is 1. The van der Waals surface area contributed by atoms with E-state index >= 15 is 0 Å². The molecular weight excluding hydrogens is 164 g/mol. The summed E-state index contributed by atoms with van der Waals surface area (Å²) >= 11 is 1.89. The molecule has 0 N–H and O–H groups in total. The quantitative estimate of drug-likeness (QED) is 0.502. The van der Waals surface area contributed by atoms with Crippen LogP contribution < -0.4 is 0 Å². The first-order chi connectivity index (χ1) is 5.93. The fraction of sp³-hybridized carbons (Fsp3) is 0.273. The zero-order chi connectivity index (χ0) is 8.65. The topological polar surface area (TPSA) is 0 Å². The molecule has 62 valence electrons. The number of thioether (sulfide) groups is 1. The van der Waals surface area contributed by atoms with Crippen molar-refractivity contribution in [2.75, 3.05) is 5.75 Å². The second-order valence-corrected chi connectivity index (χ2v) is 3.60. The van der Waals surface area contributed by atoms with Gasteiger partial charge in [0, 0.05) is 17.9 Å². The van der Waals surface area contributed by atoms with Gasteiger partial charge in [-0.15, -0.1) is 12.3 Å². The summed E-state index contributed by atoms with van der Waals surface area (Å²) in [6, 6.07) is 10.5. The van der Waals surface area contributed by atoms with Gasteiger partial charge in [-0.1, -0.05) is 30.3 Å². The van der Waals surface area contributed by atoms with E-state index in [0.717, 1.165) is 17.9 Å². The summed E-state index contributed by atoms with van der Waals surface area (Å²) in [5.41, 5.74) is 1.37. The van der Waals surface area contributed by atoms with Crippen LogP contribution in [0.1, 0.15) is 12.0 Å². The zero-order valence-electron chi connectivity index (χ0n) is 6.99. The van der Waals surface area contributed by atoms with E-state index in [1.54, 1.807) is 0 Å². The minimum Gasteiger partial charge on any atom is -0.156 e. The molecule has 0 bridgehead atoms. The van der Waals surface area contributed by atoms with E-state index in [-0.39, 0.29) is 0 Å². The largest absolute Gasteiger partial charge is 0.156 e. The molecule has 0 aliphatic carbocycles. The van der Waals surface area contributed by atoms with Crippen molar-refractivity contribution in [2.24, 2.45) is 0 Å². The number of hydrogen-bond donors (Lipinski definition) is 0. The Morgan fingerprint density at radius 2 is 2.00 bits per heavy atom. The van der Waals surface area contributed by atoms with Crippen LogP contribution in [0.4, 0.5) is 0 Å². The van der Waals surface area contributed by atoms with Gasteiger partial charge in [0.25, 0.3) is 0 Å². The van der Waals surface area contributed by atoms with Crippen molar-refractivity contribution in [2.45, 2.75) is 12.2 Å². The molecule has 0 nitrogen and oxygen atoms in total. The van der Waals surface area contributed by atoms with Crippen LogP contribution in [-0.4, -0.2) is 5.75 Å². The fourth-order valence-corrected chi connectivity index (χ4v) is 1.73. The van der Waals surface area contributed by atoms with Gasteiger partial charge in [0.15, 0.2) is 0 Å². The molecule has 1 aromatic rings. The van der Waals surface area contributed by atoms with Gasteiger partial charge < -0.3 is 0 Å². The van der Waals surface area contributed by atoms with Crippen LogP contribution in [-0.2, 0) is 5.75 Å². The van der Waals surface area contributed by atoms with E-state index in [4.69, 9.17) is 6.42 Å². The first kappa shape index (κ1) is 9.22. The standard InChI is InChI=1S/C11H12S/c1-2-3-9-12-10-11-7-5-4-6-8-11/h1,4-8H,3,9-10H2. The highest BCUT2D eigenvalue weighted by Gasteiger charge is 1.90. The van der Waals surface area contributed by atoms with Gasteiger partial charge in [-0.2, -0.15) is 11.8 Å². The Hall–Kier alpha value is -0.870. The van der Waals surface area contributed by atoms with Crippen molar-refractivity contribution in [1.29, 1.82) is 0 Å². The molecule has 0 aliphatic rings. The normalized spacial score (nSPS) is 9.25. The van der Waals surface area contributed by atoms with Crippen LogP contribution in [0, 0.1) is 12.3 Å². The summed E-state index contributed by atoms with van der Waals surface area (Å²) in [6.07, 6.45) is 6.02. The summed E-state index contributed by atoms with van der Waals surface area (Å²) < 4.78 is 0. The summed E-state index contributed by atoms with van der Waals surface area (Å²) in [6.45, 7) is 0. The third-order valence-electron chi connectivity index (χ3n) is 1.50. The lowest BCUT2D eigenvalue weighted by molar-refractivity contribution is 1.29. The van der Waals surface area contributed by atoms with Crippen LogP contribution in [0.2, 0.25) is 0 Å². The molecule has 0 atom stereocenters. The molecule has 0 aromatic heterocycles. The summed E-state index contributed by atoms with van der Waals surface area (Å²) in [7, 11) is 0. The van der Waals surface area contributed by atoms with Gasteiger partial charge in [0.2, 0.25) is 0 Å². The fourth-order valence-electron chi connectivity index (χ4n) is 0.895. The van der Waals surface area contributed by atoms with Crippen molar-refractivity contribution in [1.82, 2.24) is 0 Å². The maximum absolute atomic E-state index is 5.14. The van der Waals surface area contributed by atoms with Gasteiger partial charge in [-0.05, 0) is 5.56 Å². The lowest BCUT2D eigenvalue weighted by atomic mass is 10.2. The van der Waals surface area contributed by atoms with E-state index < -0.39 is 0 Å². The Balaban J connectivity index is 2.21. The number of terminal acetylenes is 1. The number of hydrogen-bond acceptors (Lipinski definition) is 1. The summed E-state index contributed by atoms with van der Waals surface area (Å²) in [5.74, 6) is 4.77. The Bertz CT molecular complexity index is 245. The molecule has 0 unspecified atom stereocenters. The summed E-state index contributed by atoms with van der Waals surface area (Å²) in [5, 5.41) is 0. The van der Waals surface area contributed by atoms with Crippen molar-refractivity contribution in [3.05, 3.63) is 35.9 Å². The third kappa shape index (κ3) is 3.50. The first-order valence-corrected chi connectivity index (χ1v) is 5.14. The van der Waals surface area contributed by atoms with Crippen molar-refractivity contribution >= 4 is 11.8 Å². The van der Waals surface area contributed by atoms with Crippen LogP contribution in [0.15, 0.2) is 30.3 Å². The van der Waals surface area contributed by atoms with Gasteiger partial charge in [0.05, 0.1) is 0 Å². The van der Waals surface area contributed by atoms with Crippen LogP contribution in [0.3, 0.4) is 0 Å². The second kappa shape index (κ2) is 5.74. The van der Waals surface area contributed by atoms with Gasteiger partial charge in [-0.25, -0.2) is 0 Å². The monoisotopic (exact) mass is 176 g/mol. The van der Waals surface area contributed by atoms with Gasteiger partial charge >= 0.3 is 0 Å². The van der Waals surface area contributed by atoms with Crippen LogP contribution in [0.5, 0.6) is 0 Å². The summed E-state index contributed by atoms with van der Waals surface area (Å²) in [4.78, 5) is 0. The van der Waals surface area contributed by atoms with E-state index in [0.29, 0.717) is 0 Å². The van der Waals surface area contributed by atoms with E-state index in [1.165, 1.54) is 5.56 Å². The predicted octanol–water partition coefficient (Wildman–Crippen LogP) is 2.94. The molecule has 0 heterocycles. The molecule has 1 rings (SSSR count). The Morgan fingerprint density at radius 3 is 2.67 bits per heavy atom. The van der Waals surface area contributed by atoms with Crippen LogP contribution >= 0.6 is 11.8 Å². The third-order valence-corrected chi connectivity index (χ3v) is 2.53. The molecular formula is C11H12S. The zero-order valence-corrected chi connectivity index (χ0v) is 7.81. The highest BCUT2D eigenvalue weighted by molar-refractivity contribution is 7.98. The average molecular weight is 176 g/mol. The van der Waals surface area contributed by atoms with Crippen molar-refractivity contribution < 1.29 is 0 Å². The molecule has 0 amide bonds. The Kier molecular flexibility index (Phi) is 4.41. The number of rotatable bonds is 4. The molecule has 0 radical (unpaired) electrons. The molecule has 0 spiro atoms. The molecule has 1 heteroatoms. The molecule has 12 heavy (non-hydrogen) atoms. The highest BCUT2D eigenvalue weighted by atomic mass is 32.2. The minimum atomic E-state index is 0.873. The van der Waals surface area contributed by atoms with E-state index in [1.807, 2.05) is 17.8 Å². The van der Waals surface area contributed by atoms with Gasteiger partial charge in [-0.3, -0.25) is 0 Å². The van der Waals surface area contributed by atoms with Crippen LogP contribution in [0.25, 0.3) is 0 Å². The predicted molar refractivity (Wildman–Crippen MR) is 56.1 cm³/mol. The maximum Gasteiger partial charge on any atom is 0.0184 e.